The Morgan fingerprint density at radius 2 is 1.85 bits per heavy atom. The van der Waals surface area contributed by atoms with Gasteiger partial charge in [-0.25, -0.2) is 9.79 Å². The van der Waals surface area contributed by atoms with Gasteiger partial charge in [-0.15, -0.1) is 0 Å². The van der Waals surface area contributed by atoms with Gasteiger partial charge in [-0.2, -0.15) is 0 Å². The Labute approximate surface area is 234 Å². The summed E-state index contributed by atoms with van der Waals surface area (Å²) in [4.78, 5) is 27.1. The number of carbonyl (C=O) groups is 1. The lowest BCUT2D eigenvalue weighted by Gasteiger charge is -2.12. The SMILES string of the molecule is O=C1OC(c2cc([N+](=O)[O-])ccc2Cl)=N/C1=C\c1cc(I)c(OCc2ccccc2Br)c(I)c1. The second kappa shape index (κ2) is 10.7. The minimum atomic E-state index is -0.670. The number of nitro benzene ring substituents is 1. The first kappa shape index (κ1) is 25.1. The number of esters is 1. The number of ether oxygens (including phenoxy) is 2. The van der Waals surface area contributed by atoms with Crippen molar-refractivity contribution in [3.63, 3.8) is 0 Å². The summed E-state index contributed by atoms with van der Waals surface area (Å²) in [6.45, 7) is 0.401. The van der Waals surface area contributed by atoms with Crippen LogP contribution in [0.25, 0.3) is 6.08 Å². The van der Waals surface area contributed by atoms with Crippen molar-refractivity contribution in [1.82, 2.24) is 0 Å². The third-order valence-electron chi connectivity index (χ3n) is 4.67. The molecule has 0 N–H and O–H groups in total. The summed E-state index contributed by atoms with van der Waals surface area (Å²) in [5, 5.41) is 11.3. The molecule has 0 saturated heterocycles. The molecule has 3 aromatic rings. The van der Waals surface area contributed by atoms with Crippen LogP contribution in [0.1, 0.15) is 16.7 Å². The number of cyclic esters (lactones) is 1. The van der Waals surface area contributed by atoms with E-state index in [-0.39, 0.29) is 27.9 Å². The van der Waals surface area contributed by atoms with Crippen LogP contribution in [0.4, 0.5) is 5.69 Å². The molecule has 0 fully saturated rings. The van der Waals surface area contributed by atoms with Crippen LogP contribution in [0.3, 0.4) is 0 Å². The summed E-state index contributed by atoms with van der Waals surface area (Å²) in [7, 11) is 0. The quantitative estimate of drug-likeness (QED) is 0.0876. The van der Waals surface area contributed by atoms with Gasteiger partial charge in [0, 0.05) is 22.2 Å². The van der Waals surface area contributed by atoms with Crippen LogP contribution in [0, 0.1) is 17.3 Å². The monoisotopic (exact) mass is 764 g/mol. The van der Waals surface area contributed by atoms with Crippen molar-refractivity contribution in [2.75, 3.05) is 0 Å². The zero-order chi connectivity index (χ0) is 24.4. The molecule has 0 bridgehead atoms. The van der Waals surface area contributed by atoms with Crippen LogP contribution in [0.2, 0.25) is 5.02 Å². The molecule has 0 spiro atoms. The summed E-state index contributed by atoms with van der Waals surface area (Å²) < 4.78 is 14.0. The van der Waals surface area contributed by atoms with Gasteiger partial charge in [0.25, 0.3) is 5.69 Å². The van der Waals surface area contributed by atoms with Crippen molar-refractivity contribution in [2.24, 2.45) is 4.99 Å². The van der Waals surface area contributed by atoms with Crippen molar-refractivity contribution in [1.29, 1.82) is 0 Å². The maximum atomic E-state index is 12.4. The van der Waals surface area contributed by atoms with Gasteiger partial charge in [0.15, 0.2) is 5.70 Å². The largest absolute Gasteiger partial charge is 0.487 e. The van der Waals surface area contributed by atoms with E-state index in [1.165, 1.54) is 18.2 Å². The summed E-state index contributed by atoms with van der Waals surface area (Å²) in [5.74, 6) is -0.0137. The van der Waals surface area contributed by atoms with Crippen LogP contribution in [0.5, 0.6) is 5.75 Å². The Balaban J connectivity index is 1.60. The fourth-order valence-corrected chi connectivity index (χ4v) is 5.76. The average molecular weight is 766 g/mol. The van der Waals surface area contributed by atoms with Crippen molar-refractivity contribution >= 4 is 96.3 Å². The van der Waals surface area contributed by atoms with E-state index in [1.807, 2.05) is 36.4 Å². The molecule has 0 unspecified atom stereocenters. The summed E-state index contributed by atoms with van der Waals surface area (Å²) in [5.41, 5.74) is 1.80. The summed E-state index contributed by atoms with van der Waals surface area (Å²) in [6.07, 6.45) is 1.59. The minimum absolute atomic E-state index is 0.0612. The first-order chi connectivity index (χ1) is 16.2. The van der Waals surface area contributed by atoms with E-state index in [0.29, 0.717) is 6.61 Å². The summed E-state index contributed by atoms with van der Waals surface area (Å²) in [6, 6.07) is 15.4. The number of rotatable bonds is 6. The van der Waals surface area contributed by atoms with E-state index in [4.69, 9.17) is 21.1 Å². The lowest BCUT2D eigenvalue weighted by atomic mass is 10.2. The zero-order valence-electron chi connectivity index (χ0n) is 16.9. The normalized spacial score (nSPS) is 14.2. The summed E-state index contributed by atoms with van der Waals surface area (Å²) >= 11 is 14.0. The number of hydrogen-bond donors (Lipinski definition) is 0. The van der Waals surface area contributed by atoms with E-state index in [0.717, 1.165) is 28.5 Å². The molecule has 1 aliphatic rings. The van der Waals surface area contributed by atoms with Gasteiger partial charge in [-0.05, 0) is 81.1 Å². The second-order valence-corrected chi connectivity index (χ2v) is 10.5. The van der Waals surface area contributed by atoms with Crippen LogP contribution in [-0.4, -0.2) is 16.8 Å². The molecule has 11 heteroatoms. The molecule has 4 rings (SSSR count). The molecule has 0 amide bonds. The van der Waals surface area contributed by atoms with E-state index in [9.17, 15) is 14.9 Å². The molecule has 0 aromatic heterocycles. The number of aliphatic imine (C=N–C) groups is 1. The molecular formula is C23H12BrClI2N2O5. The standard InChI is InChI=1S/C23H12BrClI2N2O5/c24-16-4-2-1-3-13(16)11-33-21-18(26)7-12(8-19(21)27)9-20-23(30)34-22(28-20)15-10-14(29(31)32)5-6-17(15)25/h1-10H,11H2/b20-9-. The van der Waals surface area contributed by atoms with Gasteiger partial charge < -0.3 is 9.47 Å². The van der Waals surface area contributed by atoms with Gasteiger partial charge in [0.2, 0.25) is 5.90 Å². The number of halogens is 4. The van der Waals surface area contributed by atoms with Crippen molar-refractivity contribution in [3.05, 3.63) is 104 Å². The highest BCUT2D eigenvalue weighted by molar-refractivity contribution is 14.1. The fraction of sp³-hybridized carbons (Fsp3) is 0.0435. The Morgan fingerprint density at radius 1 is 1.15 bits per heavy atom. The molecule has 0 aliphatic carbocycles. The smallest absolute Gasteiger partial charge is 0.363 e. The van der Waals surface area contributed by atoms with Crippen molar-refractivity contribution in [3.8, 4) is 5.75 Å². The molecule has 0 radical (unpaired) electrons. The number of hydrogen-bond acceptors (Lipinski definition) is 6. The lowest BCUT2D eigenvalue weighted by Crippen LogP contribution is -2.06. The zero-order valence-corrected chi connectivity index (χ0v) is 23.6. The highest BCUT2D eigenvalue weighted by Gasteiger charge is 2.27. The maximum Gasteiger partial charge on any atom is 0.363 e. The van der Waals surface area contributed by atoms with Crippen LogP contribution < -0.4 is 4.74 Å². The number of benzene rings is 3. The Bertz CT molecular complexity index is 1370. The molecular weight excluding hydrogens is 753 g/mol. The topological polar surface area (TPSA) is 91.0 Å². The van der Waals surface area contributed by atoms with Crippen molar-refractivity contribution in [2.45, 2.75) is 6.61 Å². The van der Waals surface area contributed by atoms with E-state index in [2.05, 4.69) is 66.1 Å². The van der Waals surface area contributed by atoms with Crippen LogP contribution in [0.15, 0.2) is 69.8 Å². The number of carbonyl (C=O) groups excluding carboxylic acids is 1. The van der Waals surface area contributed by atoms with E-state index in [1.54, 1.807) is 6.08 Å². The third kappa shape index (κ3) is 5.61. The number of non-ortho nitro benzene ring substituents is 1. The number of nitrogens with zero attached hydrogens (tertiary/aromatic N) is 2. The van der Waals surface area contributed by atoms with Gasteiger partial charge in [-0.3, -0.25) is 10.1 Å². The van der Waals surface area contributed by atoms with Gasteiger partial charge in [0.05, 0.1) is 22.6 Å². The molecule has 3 aromatic carbocycles. The fourth-order valence-electron chi connectivity index (χ4n) is 3.04. The molecule has 34 heavy (non-hydrogen) atoms. The minimum Gasteiger partial charge on any atom is -0.487 e. The van der Waals surface area contributed by atoms with E-state index < -0.39 is 10.9 Å². The molecule has 1 aliphatic heterocycles. The molecule has 7 nitrogen and oxygen atoms in total. The molecule has 1 heterocycles. The second-order valence-electron chi connectivity index (χ2n) is 6.95. The molecule has 172 valence electrons. The first-order valence-electron chi connectivity index (χ1n) is 9.55. The van der Waals surface area contributed by atoms with Gasteiger partial charge in [-0.1, -0.05) is 45.7 Å². The van der Waals surface area contributed by atoms with Crippen LogP contribution in [-0.2, 0) is 16.1 Å². The van der Waals surface area contributed by atoms with E-state index >= 15 is 0 Å². The predicted octanol–water partition coefficient (Wildman–Crippen LogP) is 7.14. The highest BCUT2D eigenvalue weighted by atomic mass is 127. The van der Waals surface area contributed by atoms with Gasteiger partial charge in [0.1, 0.15) is 12.4 Å². The average Bonchev–Trinajstić information content (AvgIpc) is 3.14. The molecule has 0 atom stereocenters. The molecule has 0 saturated carbocycles. The van der Waals surface area contributed by atoms with Crippen LogP contribution >= 0.6 is 72.7 Å². The Kier molecular flexibility index (Phi) is 7.90. The highest BCUT2D eigenvalue weighted by Crippen LogP contribution is 2.32. The lowest BCUT2D eigenvalue weighted by molar-refractivity contribution is -0.384. The predicted molar refractivity (Wildman–Crippen MR) is 149 cm³/mol. The number of nitro groups is 1. The van der Waals surface area contributed by atoms with Gasteiger partial charge >= 0.3 is 5.97 Å². The Morgan fingerprint density at radius 3 is 2.53 bits per heavy atom. The maximum absolute atomic E-state index is 12.4. The Hall–Kier alpha value is -2.03. The third-order valence-corrected chi connectivity index (χ3v) is 7.37. The van der Waals surface area contributed by atoms with Crippen molar-refractivity contribution < 1.29 is 19.2 Å². The first-order valence-corrected chi connectivity index (χ1v) is 12.9.